The number of rotatable bonds is 7. The topological polar surface area (TPSA) is 87.9 Å². The smallest absolute Gasteiger partial charge is 0.338 e. The van der Waals surface area contributed by atoms with Crippen LogP contribution in [0.1, 0.15) is 10.4 Å². The predicted octanol–water partition coefficient (Wildman–Crippen LogP) is 2.84. The molecule has 0 spiro atoms. The summed E-state index contributed by atoms with van der Waals surface area (Å²) in [7, 11) is 1.32. The molecule has 0 aliphatic rings. The molecule has 2 aromatic rings. The van der Waals surface area contributed by atoms with Gasteiger partial charge in [0.1, 0.15) is 19.0 Å². The lowest BCUT2D eigenvalue weighted by Gasteiger charge is -2.08. The van der Waals surface area contributed by atoms with Gasteiger partial charge in [-0.25, -0.2) is 4.79 Å². The molecule has 0 amide bonds. The normalized spacial score (nSPS) is 9.96. The summed E-state index contributed by atoms with van der Waals surface area (Å²) >= 11 is 0. The number of hydrogen-bond acceptors (Lipinski definition) is 6. The quantitative estimate of drug-likeness (QED) is 0.338. The van der Waals surface area contributed by atoms with Crippen molar-refractivity contribution in [2.45, 2.75) is 0 Å². The number of nitro benzene ring substituents is 1. The van der Waals surface area contributed by atoms with Crippen molar-refractivity contribution >= 4 is 11.7 Å². The van der Waals surface area contributed by atoms with Crippen molar-refractivity contribution < 1.29 is 23.9 Å². The Labute approximate surface area is 132 Å². The molecule has 0 heterocycles. The molecule has 7 nitrogen and oxygen atoms in total. The maximum absolute atomic E-state index is 11.9. The molecule has 7 heteroatoms. The minimum absolute atomic E-state index is 0.0353. The van der Waals surface area contributed by atoms with Crippen LogP contribution in [0.15, 0.2) is 48.5 Å². The number of nitro groups is 1. The summed E-state index contributed by atoms with van der Waals surface area (Å²) in [6.45, 7) is 0.224. The summed E-state index contributed by atoms with van der Waals surface area (Å²) in [5, 5.41) is 10.9. The molecule has 2 aromatic carbocycles. The van der Waals surface area contributed by atoms with Gasteiger partial charge in [-0.1, -0.05) is 18.2 Å². The molecular weight excluding hydrogens is 302 g/mol. The first-order chi connectivity index (χ1) is 11.1. The fourth-order valence-corrected chi connectivity index (χ4v) is 1.85. The maximum Gasteiger partial charge on any atom is 0.338 e. The number of para-hydroxylation sites is 1. The molecule has 0 N–H and O–H groups in total. The van der Waals surface area contributed by atoms with E-state index in [4.69, 9.17) is 14.2 Å². The second kappa shape index (κ2) is 7.79. The first-order valence-corrected chi connectivity index (χ1v) is 6.79. The van der Waals surface area contributed by atoms with Gasteiger partial charge in [0.25, 0.3) is 0 Å². The average molecular weight is 317 g/mol. The van der Waals surface area contributed by atoms with Gasteiger partial charge in [0.15, 0.2) is 5.75 Å². The second-order valence-corrected chi connectivity index (χ2v) is 4.44. The van der Waals surface area contributed by atoms with Crippen LogP contribution in [0.4, 0.5) is 5.69 Å². The molecule has 0 aromatic heterocycles. The minimum atomic E-state index is -0.660. The molecule has 2 rings (SSSR count). The Morgan fingerprint density at radius 1 is 1.13 bits per heavy atom. The fourth-order valence-electron chi connectivity index (χ4n) is 1.85. The summed E-state index contributed by atoms with van der Waals surface area (Å²) in [5.41, 5.74) is -0.209. The van der Waals surface area contributed by atoms with E-state index in [1.807, 2.05) is 18.2 Å². The van der Waals surface area contributed by atoms with E-state index < -0.39 is 10.9 Å². The first kappa shape index (κ1) is 16.3. The Kier molecular flexibility index (Phi) is 5.51. The Morgan fingerprint density at radius 3 is 2.52 bits per heavy atom. The van der Waals surface area contributed by atoms with E-state index in [0.29, 0.717) is 5.75 Å². The van der Waals surface area contributed by atoms with Crippen molar-refractivity contribution in [1.29, 1.82) is 0 Å². The van der Waals surface area contributed by atoms with Gasteiger partial charge < -0.3 is 14.2 Å². The van der Waals surface area contributed by atoms with E-state index in [-0.39, 0.29) is 30.2 Å². The van der Waals surface area contributed by atoms with Crippen molar-refractivity contribution in [3.8, 4) is 11.5 Å². The largest absolute Gasteiger partial charge is 0.490 e. The number of methoxy groups -OCH3 is 1. The van der Waals surface area contributed by atoms with Crippen molar-refractivity contribution in [1.82, 2.24) is 0 Å². The average Bonchev–Trinajstić information content (AvgIpc) is 2.58. The summed E-state index contributed by atoms with van der Waals surface area (Å²) in [6.07, 6.45) is 0. The highest BCUT2D eigenvalue weighted by Gasteiger charge is 2.18. The number of ether oxygens (including phenoxy) is 3. The number of nitrogens with zero attached hydrogens (tertiary/aromatic N) is 1. The number of carbonyl (C=O) groups excluding carboxylic acids is 1. The third-order valence-corrected chi connectivity index (χ3v) is 2.94. The summed E-state index contributed by atoms with van der Waals surface area (Å²) < 4.78 is 15.3. The van der Waals surface area contributed by atoms with Gasteiger partial charge >= 0.3 is 11.7 Å². The van der Waals surface area contributed by atoms with Gasteiger partial charge in [-0.2, -0.15) is 0 Å². The second-order valence-electron chi connectivity index (χ2n) is 4.44. The fraction of sp³-hybridized carbons (Fsp3) is 0.188. The van der Waals surface area contributed by atoms with Gasteiger partial charge in [-0.3, -0.25) is 10.1 Å². The van der Waals surface area contributed by atoms with E-state index >= 15 is 0 Å². The zero-order valence-corrected chi connectivity index (χ0v) is 12.4. The first-order valence-electron chi connectivity index (χ1n) is 6.79. The summed E-state index contributed by atoms with van der Waals surface area (Å²) in [6, 6.07) is 13.0. The SMILES string of the molecule is COc1ccc(C(=O)OCCOc2ccccc2)cc1[N+](=O)[O-]. The van der Waals surface area contributed by atoms with E-state index in [2.05, 4.69) is 0 Å². The van der Waals surface area contributed by atoms with Crippen LogP contribution < -0.4 is 9.47 Å². The van der Waals surface area contributed by atoms with Crippen LogP contribution in [0, 0.1) is 10.1 Å². The zero-order valence-electron chi connectivity index (χ0n) is 12.4. The lowest BCUT2D eigenvalue weighted by atomic mass is 10.2. The zero-order chi connectivity index (χ0) is 16.7. The van der Waals surface area contributed by atoms with Crippen molar-refractivity contribution in [3.05, 3.63) is 64.2 Å². The number of benzene rings is 2. The van der Waals surface area contributed by atoms with E-state index in [9.17, 15) is 14.9 Å². The number of hydrogen-bond donors (Lipinski definition) is 0. The van der Waals surface area contributed by atoms with Gasteiger partial charge in [0.05, 0.1) is 17.6 Å². The molecular formula is C16H15NO6. The minimum Gasteiger partial charge on any atom is -0.490 e. The molecule has 120 valence electrons. The molecule has 0 atom stereocenters. The van der Waals surface area contributed by atoms with Crippen LogP contribution in [0.25, 0.3) is 0 Å². The van der Waals surface area contributed by atoms with E-state index in [1.54, 1.807) is 12.1 Å². The van der Waals surface area contributed by atoms with Crippen LogP contribution >= 0.6 is 0 Å². The Morgan fingerprint density at radius 2 is 1.87 bits per heavy atom. The highest BCUT2D eigenvalue weighted by atomic mass is 16.6. The third-order valence-electron chi connectivity index (χ3n) is 2.94. The number of esters is 1. The van der Waals surface area contributed by atoms with Crippen molar-refractivity contribution in [3.63, 3.8) is 0 Å². The van der Waals surface area contributed by atoms with Crippen LogP contribution in [0.5, 0.6) is 11.5 Å². The summed E-state index contributed by atoms with van der Waals surface area (Å²) in [4.78, 5) is 22.2. The highest BCUT2D eigenvalue weighted by Crippen LogP contribution is 2.27. The lowest BCUT2D eigenvalue weighted by molar-refractivity contribution is -0.385. The molecule has 0 bridgehead atoms. The molecule has 0 aliphatic carbocycles. The number of carbonyl (C=O) groups is 1. The van der Waals surface area contributed by atoms with Crippen molar-refractivity contribution in [2.24, 2.45) is 0 Å². The van der Waals surface area contributed by atoms with E-state index in [1.165, 1.54) is 19.2 Å². The molecule has 0 aliphatic heterocycles. The standard InChI is InChI=1S/C16H15NO6/c1-21-15-8-7-12(11-14(15)17(19)20)16(18)23-10-9-22-13-5-3-2-4-6-13/h2-8,11H,9-10H2,1H3. The van der Waals surface area contributed by atoms with Gasteiger partial charge in [0.2, 0.25) is 0 Å². The Hall–Kier alpha value is -3.09. The van der Waals surface area contributed by atoms with Gasteiger partial charge in [-0.15, -0.1) is 0 Å². The lowest BCUT2D eigenvalue weighted by Crippen LogP contribution is -2.12. The molecule has 0 radical (unpaired) electrons. The maximum atomic E-state index is 11.9. The van der Waals surface area contributed by atoms with Crippen LogP contribution in [-0.2, 0) is 4.74 Å². The molecule has 0 saturated heterocycles. The van der Waals surface area contributed by atoms with Crippen LogP contribution in [0.3, 0.4) is 0 Å². The van der Waals surface area contributed by atoms with Gasteiger partial charge in [-0.05, 0) is 24.3 Å². The Bertz CT molecular complexity index is 686. The highest BCUT2D eigenvalue weighted by molar-refractivity contribution is 5.90. The van der Waals surface area contributed by atoms with Gasteiger partial charge in [0, 0.05) is 6.07 Å². The predicted molar refractivity (Wildman–Crippen MR) is 81.9 cm³/mol. The van der Waals surface area contributed by atoms with Crippen molar-refractivity contribution in [2.75, 3.05) is 20.3 Å². The Balaban J connectivity index is 1.90. The van der Waals surface area contributed by atoms with Crippen LogP contribution in [0.2, 0.25) is 0 Å². The third kappa shape index (κ3) is 4.44. The van der Waals surface area contributed by atoms with E-state index in [0.717, 1.165) is 6.07 Å². The summed E-state index contributed by atoms with van der Waals surface area (Å²) in [5.74, 6) is 0.0926. The molecule has 0 fully saturated rings. The monoisotopic (exact) mass is 317 g/mol. The molecule has 23 heavy (non-hydrogen) atoms. The molecule has 0 saturated carbocycles. The van der Waals surface area contributed by atoms with Crippen LogP contribution in [-0.4, -0.2) is 31.2 Å². The molecule has 0 unspecified atom stereocenters.